The second-order valence-electron chi connectivity index (χ2n) is 8.79. The first-order valence-electron chi connectivity index (χ1n) is 11.2. The van der Waals surface area contributed by atoms with Crippen LogP contribution in [0.2, 0.25) is 5.02 Å². The Morgan fingerprint density at radius 2 is 1.63 bits per heavy atom. The van der Waals surface area contributed by atoms with Crippen LogP contribution in [0.25, 0.3) is 10.9 Å². The fraction of sp³-hybridized carbons (Fsp3) is 0.179. The van der Waals surface area contributed by atoms with Crippen LogP contribution in [-0.2, 0) is 14.3 Å². The van der Waals surface area contributed by atoms with Crippen LogP contribution in [-0.4, -0.2) is 16.7 Å². The molecule has 3 heterocycles. The van der Waals surface area contributed by atoms with Gasteiger partial charge in [-0.2, -0.15) is 4.57 Å². The highest BCUT2D eigenvalue weighted by Crippen LogP contribution is 2.43. The Bertz CT molecular complexity index is 1440. The van der Waals surface area contributed by atoms with E-state index < -0.39 is 29.7 Å². The fourth-order valence-electron chi connectivity index (χ4n) is 4.46. The smallest absolute Gasteiger partial charge is 0.338 e. The van der Waals surface area contributed by atoms with Crippen molar-refractivity contribution in [2.75, 3.05) is 0 Å². The molecule has 4 aromatic rings. The topological polar surface area (TPSA) is 75.4 Å². The maximum absolute atomic E-state index is 13.3. The number of carbonyl (C=O) groups is 1. The highest BCUT2D eigenvalue weighted by molar-refractivity contribution is 6.31. The predicted molar refractivity (Wildman–Crippen MR) is 129 cm³/mol. The number of benzene rings is 2. The van der Waals surface area contributed by atoms with E-state index >= 15 is 0 Å². The number of para-hydroxylation sites is 1. The van der Waals surface area contributed by atoms with Gasteiger partial charge in [0.1, 0.15) is 5.69 Å². The van der Waals surface area contributed by atoms with E-state index in [4.69, 9.17) is 26.1 Å². The SMILES string of the molecule is CC1(C)OC(=O)C(C(c2ccccc2Cl)C(c2ccc3ccccc3n2)[n+]2ccccc2)=C([O-])O1. The number of esters is 1. The second-order valence-corrected chi connectivity index (χ2v) is 9.20. The molecule has 2 unspecified atom stereocenters. The van der Waals surface area contributed by atoms with Crippen LogP contribution in [0.4, 0.5) is 0 Å². The number of ether oxygens (including phenoxy) is 2. The molecule has 2 aromatic heterocycles. The molecule has 0 saturated heterocycles. The summed E-state index contributed by atoms with van der Waals surface area (Å²) in [4.78, 5) is 18.2. The lowest BCUT2D eigenvalue weighted by Gasteiger charge is -2.41. The standard InChI is InChI=1S/C28H23ClN2O4/c1-28(2)34-26(32)24(27(33)35-28)23(19-11-5-6-12-20(19)29)25(31-16-8-3-9-17-31)22-15-14-18-10-4-7-13-21(18)30-22/h3-17,23,25H,1-2H3. The highest BCUT2D eigenvalue weighted by atomic mass is 35.5. The van der Waals surface area contributed by atoms with Gasteiger partial charge in [0.2, 0.25) is 6.04 Å². The van der Waals surface area contributed by atoms with Crippen LogP contribution in [0.15, 0.2) is 103 Å². The van der Waals surface area contributed by atoms with E-state index in [9.17, 15) is 9.90 Å². The van der Waals surface area contributed by atoms with Gasteiger partial charge in [-0.15, -0.1) is 0 Å². The molecule has 35 heavy (non-hydrogen) atoms. The van der Waals surface area contributed by atoms with E-state index in [0.29, 0.717) is 16.3 Å². The summed E-state index contributed by atoms with van der Waals surface area (Å²) >= 11 is 6.66. The Hall–Kier alpha value is -3.90. The van der Waals surface area contributed by atoms with Crippen LogP contribution >= 0.6 is 11.6 Å². The maximum atomic E-state index is 13.3. The number of hydrogen-bond donors (Lipinski definition) is 0. The molecule has 0 spiro atoms. The minimum atomic E-state index is -1.36. The van der Waals surface area contributed by atoms with Gasteiger partial charge in [0.05, 0.1) is 23.0 Å². The van der Waals surface area contributed by atoms with Gasteiger partial charge in [-0.3, -0.25) is 0 Å². The van der Waals surface area contributed by atoms with E-state index in [-0.39, 0.29) is 5.57 Å². The van der Waals surface area contributed by atoms with Crippen LogP contribution in [0.1, 0.15) is 37.1 Å². The van der Waals surface area contributed by atoms with E-state index in [1.807, 2.05) is 77.6 Å². The molecule has 0 aliphatic carbocycles. The van der Waals surface area contributed by atoms with E-state index in [2.05, 4.69) is 0 Å². The molecule has 6 nitrogen and oxygen atoms in total. The minimum Gasteiger partial charge on any atom is -0.575 e. The first-order chi connectivity index (χ1) is 16.8. The number of aromatic nitrogens is 2. The van der Waals surface area contributed by atoms with Gasteiger partial charge < -0.3 is 14.6 Å². The molecular weight excluding hydrogens is 464 g/mol. The Kier molecular flexibility index (Phi) is 5.91. The molecule has 7 heteroatoms. The highest BCUT2D eigenvalue weighted by Gasteiger charge is 2.44. The van der Waals surface area contributed by atoms with Crippen molar-refractivity contribution >= 4 is 28.5 Å². The number of halogens is 1. The Morgan fingerprint density at radius 1 is 0.914 bits per heavy atom. The number of rotatable bonds is 5. The van der Waals surface area contributed by atoms with Gasteiger partial charge in [0, 0.05) is 22.5 Å². The van der Waals surface area contributed by atoms with Gasteiger partial charge in [0.25, 0.3) is 0 Å². The zero-order valence-electron chi connectivity index (χ0n) is 19.2. The van der Waals surface area contributed by atoms with Crippen molar-refractivity contribution in [1.82, 2.24) is 4.98 Å². The van der Waals surface area contributed by atoms with Crippen molar-refractivity contribution in [3.63, 3.8) is 0 Å². The minimum absolute atomic E-state index is 0.131. The van der Waals surface area contributed by atoms with Crippen molar-refractivity contribution in [3.8, 4) is 0 Å². The van der Waals surface area contributed by atoms with Crippen molar-refractivity contribution in [3.05, 3.63) is 119 Å². The third-order valence-electron chi connectivity index (χ3n) is 5.97. The Labute approximate surface area is 208 Å². The number of nitrogens with zero attached hydrogens (tertiary/aromatic N) is 2. The van der Waals surface area contributed by atoms with E-state index in [0.717, 1.165) is 10.9 Å². The summed E-state index contributed by atoms with van der Waals surface area (Å²) in [6, 6.07) is 23.9. The van der Waals surface area contributed by atoms with Crippen molar-refractivity contribution in [1.29, 1.82) is 0 Å². The molecule has 0 amide bonds. The van der Waals surface area contributed by atoms with Crippen LogP contribution in [0, 0.1) is 0 Å². The van der Waals surface area contributed by atoms with Gasteiger partial charge in [-0.1, -0.05) is 60.1 Å². The predicted octanol–water partition coefficient (Wildman–Crippen LogP) is 4.43. The number of cyclic esters (lactones) is 1. The summed E-state index contributed by atoms with van der Waals surface area (Å²) in [7, 11) is 0. The average Bonchev–Trinajstić information content (AvgIpc) is 2.83. The monoisotopic (exact) mass is 486 g/mol. The molecule has 0 fully saturated rings. The molecule has 2 atom stereocenters. The first-order valence-corrected chi connectivity index (χ1v) is 11.6. The van der Waals surface area contributed by atoms with Gasteiger partial charge in [0.15, 0.2) is 18.2 Å². The summed E-state index contributed by atoms with van der Waals surface area (Å²) in [6.45, 7) is 3.05. The summed E-state index contributed by atoms with van der Waals surface area (Å²) < 4.78 is 12.9. The molecular formula is C28H23ClN2O4. The number of fused-ring (bicyclic) bond motifs is 1. The summed E-state index contributed by atoms with van der Waals surface area (Å²) in [5.41, 5.74) is 1.91. The average molecular weight is 487 g/mol. The molecule has 176 valence electrons. The quantitative estimate of drug-likeness (QED) is 0.308. The zero-order valence-corrected chi connectivity index (χ0v) is 20.0. The van der Waals surface area contributed by atoms with Crippen molar-refractivity contribution in [2.24, 2.45) is 0 Å². The normalized spacial score (nSPS) is 16.9. The third kappa shape index (κ3) is 4.45. The largest absolute Gasteiger partial charge is 0.575 e. The second kappa shape index (κ2) is 9.04. The lowest BCUT2D eigenvalue weighted by molar-refractivity contribution is -0.716. The van der Waals surface area contributed by atoms with Gasteiger partial charge in [-0.05, 0) is 37.6 Å². The van der Waals surface area contributed by atoms with Crippen LogP contribution < -0.4 is 9.67 Å². The Morgan fingerprint density at radius 3 is 2.37 bits per heavy atom. The van der Waals surface area contributed by atoms with Gasteiger partial charge >= 0.3 is 5.97 Å². The molecule has 1 aliphatic heterocycles. The lowest BCUT2D eigenvalue weighted by Crippen LogP contribution is -2.48. The zero-order chi connectivity index (χ0) is 24.6. The first kappa shape index (κ1) is 22.9. The van der Waals surface area contributed by atoms with E-state index in [1.165, 1.54) is 13.8 Å². The van der Waals surface area contributed by atoms with E-state index in [1.54, 1.807) is 18.2 Å². The molecule has 2 aromatic carbocycles. The lowest BCUT2D eigenvalue weighted by atomic mass is 9.82. The molecule has 0 bridgehead atoms. The summed E-state index contributed by atoms with van der Waals surface area (Å²) in [5, 5.41) is 14.7. The molecule has 0 saturated carbocycles. The molecule has 5 rings (SSSR count). The van der Waals surface area contributed by atoms with Crippen molar-refractivity contribution < 1.29 is 23.9 Å². The molecule has 0 N–H and O–H groups in total. The van der Waals surface area contributed by atoms with Crippen LogP contribution in [0.5, 0.6) is 0 Å². The van der Waals surface area contributed by atoms with Crippen LogP contribution in [0.3, 0.4) is 0 Å². The summed E-state index contributed by atoms with van der Waals surface area (Å²) in [6.07, 6.45) is 3.74. The maximum Gasteiger partial charge on any atom is 0.338 e. The number of carbonyl (C=O) groups excluding carboxylic acids is 1. The molecule has 1 aliphatic rings. The Balaban J connectivity index is 1.80. The number of pyridine rings is 2. The van der Waals surface area contributed by atoms with Gasteiger partial charge in [-0.25, -0.2) is 9.78 Å². The molecule has 0 radical (unpaired) electrons. The summed E-state index contributed by atoms with van der Waals surface area (Å²) in [5.74, 6) is -3.67. The third-order valence-corrected chi connectivity index (χ3v) is 6.31. The fourth-order valence-corrected chi connectivity index (χ4v) is 4.72. The van der Waals surface area contributed by atoms with Crippen molar-refractivity contribution in [2.45, 2.75) is 31.6 Å². The number of hydrogen-bond acceptors (Lipinski definition) is 5.